The minimum Gasteiger partial charge on any atom is -0.242 e. The van der Waals surface area contributed by atoms with E-state index in [0.29, 0.717) is 6.42 Å². The number of alkyl halides is 1. The standard InChI is InChI=1S/C15H15F.C2H6/c1-2-15(16)14-10-8-13(9-11-14)12-6-4-3-5-7-12;1-2/h3-11,15H,2H2,1H3;1-2H3/t15-;/m0./s1. The van der Waals surface area contributed by atoms with Gasteiger partial charge in [-0.05, 0) is 23.1 Å². The molecule has 2 aromatic rings. The molecule has 0 spiro atoms. The predicted octanol–water partition coefficient (Wildman–Crippen LogP) is 5.80. The molecule has 2 rings (SSSR count). The van der Waals surface area contributed by atoms with Crippen LogP contribution in [-0.4, -0.2) is 0 Å². The first kappa shape index (κ1) is 14.4. The van der Waals surface area contributed by atoms with Gasteiger partial charge in [0, 0.05) is 0 Å². The van der Waals surface area contributed by atoms with Crippen LogP contribution in [0.4, 0.5) is 4.39 Å². The van der Waals surface area contributed by atoms with Gasteiger partial charge >= 0.3 is 0 Å². The fourth-order valence-corrected chi connectivity index (χ4v) is 1.75. The molecule has 1 heteroatoms. The number of hydrogen-bond acceptors (Lipinski definition) is 0. The molecular formula is C17H21F. The maximum Gasteiger partial charge on any atom is 0.125 e. The van der Waals surface area contributed by atoms with Gasteiger partial charge in [0.25, 0.3) is 0 Å². The summed E-state index contributed by atoms with van der Waals surface area (Å²) < 4.78 is 13.4. The molecule has 1 atom stereocenters. The number of hydrogen-bond donors (Lipinski definition) is 0. The Balaban J connectivity index is 0.000000771. The van der Waals surface area contributed by atoms with E-state index >= 15 is 0 Å². The van der Waals surface area contributed by atoms with E-state index < -0.39 is 6.17 Å². The highest BCUT2D eigenvalue weighted by atomic mass is 19.1. The van der Waals surface area contributed by atoms with Gasteiger partial charge < -0.3 is 0 Å². The molecule has 0 N–H and O–H groups in total. The summed E-state index contributed by atoms with van der Waals surface area (Å²) in [6.45, 7) is 5.86. The van der Waals surface area contributed by atoms with Crippen molar-refractivity contribution in [3.63, 3.8) is 0 Å². The molecule has 0 amide bonds. The Morgan fingerprint density at radius 2 is 1.33 bits per heavy atom. The van der Waals surface area contributed by atoms with E-state index in [0.717, 1.165) is 11.1 Å². The van der Waals surface area contributed by atoms with Gasteiger partial charge in [0.05, 0.1) is 0 Å². The maximum atomic E-state index is 13.4. The molecule has 0 bridgehead atoms. The summed E-state index contributed by atoms with van der Waals surface area (Å²) in [5.74, 6) is 0. The molecule has 0 nitrogen and oxygen atoms in total. The van der Waals surface area contributed by atoms with Crippen molar-refractivity contribution in [2.24, 2.45) is 0 Å². The topological polar surface area (TPSA) is 0 Å². The molecule has 0 saturated heterocycles. The molecule has 0 aliphatic heterocycles. The summed E-state index contributed by atoms with van der Waals surface area (Å²) in [6, 6.07) is 17.8. The molecule has 0 aliphatic carbocycles. The minimum atomic E-state index is -0.843. The van der Waals surface area contributed by atoms with Crippen LogP contribution in [0.3, 0.4) is 0 Å². The van der Waals surface area contributed by atoms with Crippen LogP contribution in [0.5, 0.6) is 0 Å². The molecule has 0 radical (unpaired) electrons. The van der Waals surface area contributed by atoms with Crippen LogP contribution in [0.2, 0.25) is 0 Å². The SMILES string of the molecule is CC.CC[C@H](F)c1ccc(-c2ccccc2)cc1. The van der Waals surface area contributed by atoms with Crippen molar-refractivity contribution < 1.29 is 4.39 Å². The first-order valence-corrected chi connectivity index (χ1v) is 6.60. The predicted molar refractivity (Wildman–Crippen MR) is 77.4 cm³/mol. The minimum absolute atomic E-state index is 0.532. The van der Waals surface area contributed by atoms with Crippen molar-refractivity contribution in [2.75, 3.05) is 0 Å². The fraction of sp³-hybridized carbons (Fsp3) is 0.294. The van der Waals surface area contributed by atoms with Crippen molar-refractivity contribution in [2.45, 2.75) is 33.4 Å². The zero-order chi connectivity index (χ0) is 13.4. The summed E-state index contributed by atoms with van der Waals surface area (Å²) in [4.78, 5) is 0. The number of rotatable bonds is 3. The summed E-state index contributed by atoms with van der Waals surface area (Å²) in [5.41, 5.74) is 3.07. The lowest BCUT2D eigenvalue weighted by Gasteiger charge is -2.07. The van der Waals surface area contributed by atoms with Crippen LogP contribution >= 0.6 is 0 Å². The summed E-state index contributed by atoms with van der Waals surface area (Å²) in [7, 11) is 0. The molecule has 2 aromatic carbocycles. The van der Waals surface area contributed by atoms with E-state index in [1.54, 1.807) is 0 Å². The van der Waals surface area contributed by atoms with E-state index in [4.69, 9.17) is 0 Å². The zero-order valence-electron chi connectivity index (χ0n) is 11.4. The molecule has 0 heterocycles. The second-order valence-electron chi connectivity index (χ2n) is 3.86. The largest absolute Gasteiger partial charge is 0.242 e. The van der Waals surface area contributed by atoms with Gasteiger partial charge in [0.1, 0.15) is 6.17 Å². The summed E-state index contributed by atoms with van der Waals surface area (Å²) >= 11 is 0. The van der Waals surface area contributed by atoms with Gasteiger partial charge in [0.15, 0.2) is 0 Å². The maximum absolute atomic E-state index is 13.4. The van der Waals surface area contributed by atoms with Crippen LogP contribution in [0, 0.1) is 0 Å². The van der Waals surface area contributed by atoms with Gasteiger partial charge in [-0.2, -0.15) is 0 Å². The Bertz CT molecular complexity index is 431. The molecule has 0 fully saturated rings. The second kappa shape index (κ2) is 7.65. The Morgan fingerprint density at radius 3 is 1.83 bits per heavy atom. The molecule has 96 valence electrons. The lowest BCUT2D eigenvalue weighted by molar-refractivity contribution is 0.334. The van der Waals surface area contributed by atoms with Crippen LogP contribution in [0.25, 0.3) is 11.1 Å². The molecule has 0 unspecified atom stereocenters. The molecular weight excluding hydrogens is 223 g/mol. The lowest BCUT2D eigenvalue weighted by Crippen LogP contribution is -1.88. The Hall–Kier alpha value is -1.63. The van der Waals surface area contributed by atoms with E-state index in [2.05, 4.69) is 12.1 Å². The first-order valence-electron chi connectivity index (χ1n) is 6.60. The van der Waals surface area contributed by atoms with Crippen molar-refractivity contribution in [1.29, 1.82) is 0 Å². The Labute approximate surface area is 109 Å². The average Bonchev–Trinajstić information content (AvgIpc) is 2.49. The monoisotopic (exact) mass is 244 g/mol. The Morgan fingerprint density at radius 1 is 0.833 bits per heavy atom. The number of benzene rings is 2. The summed E-state index contributed by atoms with van der Waals surface area (Å²) in [6.07, 6.45) is -0.310. The Kier molecular flexibility index (Phi) is 6.13. The van der Waals surface area contributed by atoms with Crippen LogP contribution in [0.1, 0.15) is 38.9 Å². The third-order valence-electron chi connectivity index (χ3n) is 2.74. The van der Waals surface area contributed by atoms with E-state index in [9.17, 15) is 4.39 Å². The van der Waals surface area contributed by atoms with E-state index in [-0.39, 0.29) is 0 Å². The van der Waals surface area contributed by atoms with Crippen LogP contribution in [-0.2, 0) is 0 Å². The smallest absolute Gasteiger partial charge is 0.125 e. The highest BCUT2D eigenvalue weighted by Gasteiger charge is 2.06. The van der Waals surface area contributed by atoms with Gasteiger partial charge in [-0.3, -0.25) is 0 Å². The summed E-state index contributed by atoms with van der Waals surface area (Å²) in [5, 5.41) is 0. The molecule has 0 aliphatic rings. The van der Waals surface area contributed by atoms with Gasteiger partial charge in [-0.15, -0.1) is 0 Å². The van der Waals surface area contributed by atoms with Gasteiger partial charge in [-0.25, -0.2) is 4.39 Å². The van der Waals surface area contributed by atoms with Crippen LogP contribution in [0.15, 0.2) is 54.6 Å². The molecule has 0 saturated carbocycles. The zero-order valence-corrected chi connectivity index (χ0v) is 11.4. The third-order valence-corrected chi connectivity index (χ3v) is 2.74. The molecule has 18 heavy (non-hydrogen) atoms. The van der Waals surface area contributed by atoms with Gasteiger partial charge in [-0.1, -0.05) is 75.4 Å². The second-order valence-corrected chi connectivity index (χ2v) is 3.86. The lowest BCUT2D eigenvalue weighted by atomic mass is 10.0. The van der Waals surface area contributed by atoms with E-state index in [1.807, 2.05) is 63.2 Å². The normalized spacial score (nSPS) is 11.3. The van der Waals surface area contributed by atoms with E-state index in [1.165, 1.54) is 5.56 Å². The van der Waals surface area contributed by atoms with Crippen molar-refractivity contribution in [1.82, 2.24) is 0 Å². The van der Waals surface area contributed by atoms with Crippen molar-refractivity contribution in [3.05, 3.63) is 60.2 Å². The first-order chi connectivity index (χ1) is 8.81. The average molecular weight is 244 g/mol. The van der Waals surface area contributed by atoms with Crippen molar-refractivity contribution in [3.8, 4) is 11.1 Å². The fourth-order valence-electron chi connectivity index (χ4n) is 1.75. The highest BCUT2D eigenvalue weighted by molar-refractivity contribution is 5.63. The van der Waals surface area contributed by atoms with Crippen LogP contribution < -0.4 is 0 Å². The molecule has 0 aromatic heterocycles. The highest BCUT2D eigenvalue weighted by Crippen LogP contribution is 2.24. The van der Waals surface area contributed by atoms with Gasteiger partial charge in [0.2, 0.25) is 0 Å². The van der Waals surface area contributed by atoms with Crippen molar-refractivity contribution >= 4 is 0 Å². The third kappa shape index (κ3) is 3.69. The number of halogens is 1. The quantitative estimate of drug-likeness (QED) is 0.640.